The molecule has 1 saturated heterocycles. The Morgan fingerprint density at radius 3 is 2.57 bits per heavy atom. The summed E-state index contributed by atoms with van der Waals surface area (Å²) in [7, 11) is 0. The SMILES string of the molecule is c1ccc(N2CCN(Cc3csc(-c4ccco4)n3)CC2)cc1. The number of aromatic nitrogens is 1. The molecule has 0 unspecified atom stereocenters. The zero-order chi connectivity index (χ0) is 15.5. The maximum absolute atomic E-state index is 5.41. The van der Waals surface area contributed by atoms with Crippen molar-refractivity contribution in [3.8, 4) is 10.8 Å². The molecule has 0 saturated carbocycles. The van der Waals surface area contributed by atoms with Crippen LogP contribution in [0, 0.1) is 0 Å². The number of anilines is 1. The lowest BCUT2D eigenvalue weighted by molar-refractivity contribution is 0.247. The number of thiazole rings is 1. The maximum atomic E-state index is 5.41. The standard InChI is InChI=1S/C18H19N3OS/c1-2-5-16(6-3-1)21-10-8-20(9-11-21)13-15-14-23-18(19-15)17-7-4-12-22-17/h1-7,12,14H,8-11,13H2. The van der Waals surface area contributed by atoms with Gasteiger partial charge in [0.25, 0.3) is 0 Å². The molecule has 23 heavy (non-hydrogen) atoms. The minimum atomic E-state index is 0.857. The van der Waals surface area contributed by atoms with Crippen molar-refractivity contribution in [1.29, 1.82) is 0 Å². The first-order chi connectivity index (χ1) is 11.4. The molecule has 1 aromatic carbocycles. The summed E-state index contributed by atoms with van der Waals surface area (Å²) in [6, 6.07) is 14.5. The Bertz CT molecular complexity index is 731. The number of rotatable bonds is 4. The van der Waals surface area contributed by atoms with Crippen LogP contribution in [0.3, 0.4) is 0 Å². The number of benzene rings is 1. The smallest absolute Gasteiger partial charge is 0.162 e. The summed E-state index contributed by atoms with van der Waals surface area (Å²) in [5, 5.41) is 3.11. The van der Waals surface area contributed by atoms with Crippen LogP contribution in [-0.4, -0.2) is 36.1 Å². The van der Waals surface area contributed by atoms with Gasteiger partial charge in [-0.3, -0.25) is 4.90 Å². The number of piperazine rings is 1. The zero-order valence-electron chi connectivity index (χ0n) is 12.9. The first-order valence-corrected chi connectivity index (χ1v) is 8.77. The average molecular weight is 325 g/mol. The first kappa shape index (κ1) is 14.5. The molecule has 0 amide bonds. The van der Waals surface area contributed by atoms with Crippen LogP contribution < -0.4 is 4.90 Å². The van der Waals surface area contributed by atoms with Gasteiger partial charge in [-0.2, -0.15) is 0 Å². The molecular weight excluding hydrogens is 306 g/mol. The van der Waals surface area contributed by atoms with Gasteiger partial charge in [0.15, 0.2) is 10.8 Å². The molecule has 4 nitrogen and oxygen atoms in total. The third kappa shape index (κ3) is 3.30. The van der Waals surface area contributed by atoms with Gasteiger partial charge in [0.1, 0.15) is 0 Å². The fourth-order valence-electron chi connectivity index (χ4n) is 2.93. The summed E-state index contributed by atoms with van der Waals surface area (Å²) >= 11 is 1.65. The number of hydrogen-bond donors (Lipinski definition) is 0. The molecule has 1 aliphatic heterocycles. The van der Waals surface area contributed by atoms with E-state index in [1.807, 2.05) is 12.1 Å². The third-order valence-electron chi connectivity index (χ3n) is 4.16. The second-order valence-corrected chi connectivity index (χ2v) is 6.58. The van der Waals surface area contributed by atoms with Crippen molar-refractivity contribution in [3.63, 3.8) is 0 Å². The Morgan fingerprint density at radius 2 is 1.83 bits per heavy atom. The predicted molar refractivity (Wildman–Crippen MR) is 93.7 cm³/mol. The van der Waals surface area contributed by atoms with Gasteiger partial charge in [0, 0.05) is 43.8 Å². The molecular formula is C18H19N3OS. The molecule has 0 N–H and O–H groups in total. The van der Waals surface area contributed by atoms with Crippen LogP contribution in [0.5, 0.6) is 0 Å². The molecule has 1 aliphatic rings. The van der Waals surface area contributed by atoms with Gasteiger partial charge in [0.05, 0.1) is 12.0 Å². The molecule has 0 radical (unpaired) electrons. The highest BCUT2D eigenvalue weighted by atomic mass is 32.1. The molecule has 1 fully saturated rings. The second kappa shape index (κ2) is 6.56. The van der Waals surface area contributed by atoms with Gasteiger partial charge in [-0.1, -0.05) is 18.2 Å². The lowest BCUT2D eigenvalue weighted by atomic mass is 10.2. The van der Waals surface area contributed by atoms with Crippen molar-refractivity contribution >= 4 is 17.0 Å². The van der Waals surface area contributed by atoms with Crippen LogP contribution in [0.1, 0.15) is 5.69 Å². The summed E-state index contributed by atoms with van der Waals surface area (Å²) in [5.74, 6) is 0.857. The Morgan fingerprint density at radius 1 is 1.00 bits per heavy atom. The van der Waals surface area contributed by atoms with Crippen molar-refractivity contribution in [3.05, 3.63) is 59.8 Å². The molecule has 0 atom stereocenters. The molecule has 0 bridgehead atoms. The van der Waals surface area contributed by atoms with E-state index in [1.54, 1.807) is 17.6 Å². The molecule has 0 spiro atoms. The summed E-state index contributed by atoms with van der Waals surface area (Å²) in [6.45, 7) is 5.20. The summed E-state index contributed by atoms with van der Waals surface area (Å²) in [6.07, 6.45) is 1.69. The summed E-state index contributed by atoms with van der Waals surface area (Å²) in [5.41, 5.74) is 2.45. The summed E-state index contributed by atoms with van der Waals surface area (Å²) < 4.78 is 5.41. The monoisotopic (exact) mass is 325 g/mol. The van der Waals surface area contributed by atoms with E-state index in [-0.39, 0.29) is 0 Å². The van der Waals surface area contributed by atoms with Crippen molar-refractivity contribution in [2.45, 2.75) is 6.54 Å². The fourth-order valence-corrected chi connectivity index (χ4v) is 3.70. The lowest BCUT2D eigenvalue weighted by Gasteiger charge is -2.35. The lowest BCUT2D eigenvalue weighted by Crippen LogP contribution is -2.46. The molecule has 4 rings (SSSR count). The Kier molecular flexibility index (Phi) is 4.13. The number of furan rings is 1. The quantitative estimate of drug-likeness (QED) is 0.732. The van der Waals surface area contributed by atoms with Crippen LogP contribution in [0.15, 0.2) is 58.5 Å². The average Bonchev–Trinajstić information content (AvgIpc) is 3.28. The van der Waals surface area contributed by atoms with E-state index >= 15 is 0 Å². The first-order valence-electron chi connectivity index (χ1n) is 7.89. The third-order valence-corrected chi connectivity index (χ3v) is 5.07. The molecule has 5 heteroatoms. The largest absolute Gasteiger partial charge is 0.462 e. The maximum Gasteiger partial charge on any atom is 0.162 e. The van der Waals surface area contributed by atoms with Gasteiger partial charge in [-0.15, -0.1) is 11.3 Å². The minimum Gasteiger partial charge on any atom is -0.462 e. The van der Waals surface area contributed by atoms with Crippen LogP contribution in [0.4, 0.5) is 5.69 Å². The number of hydrogen-bond acceptors (Lipinski definition) is 5. The van der Waals surface area contributed by atoms with E-state index < -0.39 is 0 Å². The Balaban J connectivity index is 1.35. The van der Waals surface area contributed by atoms with Gasteiger partial charge >= 0.3 is 0 Å². The summed E-state index contributed by atoms with van der Waals surface area (Å²) in [4.78, 5) is 9.62. The van der Waals surface area contributed by atoms with Crippen molar-refractivity contribution in [2.75, 3.05) is 31.1 Å². The van der Waals surface area contributed by atoms with Crippen LogP contribution in [-0.2, 0) is 6.54 Å². The van der Waals surface area contributed by atoms with Crippen molar-refractivity contribution in [2.24, 2.45) is 0 Å². The van der Waals surface area contributed by atoms with Gasteiger partial charge in [-0.25, -0.2) is 4.98 Å². The Labute approximate surface area is 140 Å². The molecule has 3 heterocycles. The highest BCUT2D eigenvalue weighted by Gasteiger charge is 2.18. The molecule has 2 aromatic heterocycles. The fraction of sp³-hybridized carbons (Fsp3) is 0.278. The van der Waals surface area contributed by atoms with Crippen LogP contribution in [0.2, 0.25) is 0 Å². The van der Waals surface area contributed by atoms with Gasteiger partial charge in [-0.05, 0) is 24.3 Å². The molecule has 3 aromatic rings. The number of para-hydroxylation sites is 1. The van der Waals surface area contributed by atoms with E-state index in [2.05, 4.69) is 45.5 Å². The van der Waals surface area contributed by atoms with Crippen LogP contribution >= 0.6 is 11.3 Å². The van der Waals surface area contributed by atoms with E-state index in [0.29, 0.717) is 0 Å². The van der Waals surface area contributed by atoms with E-state index in [9.17, 15) is 0 Å². The molecule has 118 valence electrons. The van der Waals surface area contributed by atoms with E-state index in [0.717, 1.165) is 49.2 Å². The molecule has 0 aliphatic carbocycles. The van der Waals surface area contributed by atoms with Crippen molar-refractivity contribution < 1.29 is 4.42 Å². The van der Waals surface area contributed by atoms with Gasteiger partial charge < -0.3 is 9.32 Å². The highest BCUT2D eigenvalue weighted by Crippen LogP contribution is 2.25. The van der Waals surface area contributed by atoms with E-state index in [4.69, 9.17) is 9.40 Å². The minimum absolute atomic E-state index is 0.857. The van der Waals surface area contributed by atoms with Crippen LogP contribution in [0.25, 0.3) is 10.8 Å². The predicted octanol–water partition coefficient (Wildman–Crippen LogP) is 3.73. The van der Waals surface area contributed by atoms with Crippen molar-refractivity contribution in [1.82, 2.24) is 9.88 Å². The highest BCUT2D eigenvalue weighted by molar-refractivity contribution is 7.13. The normalized spacial score (nSPS) is 15.9. The topological polar surface area (TPSA) is 32.5 Å². The zero-order valence-corrected chi connectivity index (χ0v) is 13.7. The second-order valence-electron chi connectivity index (χ2n) is 5.72. The number of nitrogens with zero attached hydrogens (tertiary/aromatic N) is 3. The Hall–Kier alpha value is -2.11. The van der Waals surface area contributed by atoms with Gasteiger partial charge in [0.2, 0.25) is 0 Å². The van der Waals surface area contributed by atoms with E-state index in [1.165, 1.54) is 5.69 Å².